The summed E-state index contributed by atoms with van der Waals surface area (Å²) in [5.74, 6) is 2.13. The predicted octanol–water partition coefficient (Wildman–Crippen LogP) is 3.57. The van der Waals surface area contributed by atoms with Crippen molar-refractivity contribution in [3.05, 3.63) is 71.8 Å². The molecule has 5 heteroatoms. The molecule has 5 nitrogen and oxygen atoms in total. The van der Waals surface area contributed by atoms with Crippen molar-refractivity contribution < 1.29 is 4.79 Å². The molecular weight excluding hydrogens is 348 g/mol. The van der Waals surface area contributed by atoms with Crippen molar-refractivity contribution in [3.63, 3.8) is 0 Å². The number of fused-ring (bicyclic) bond motifs is 1. The van der Waals surface area contributed by atoms with E-state index in [9.17, 15) is 4.79 Å². The molecule has 3 aromatic rings. The lowest BCUT2D eigenvalue weighted by atomic mass is 10.0. The van der Waals surface area contributed by atoms with Crippen molar-refractivity contribution in [2.45, 2.75) is 45.1 Å². The normalized spacial score (nSPS) is 13.6. The Morgan fingerprint density at radius 3 is 2.54 bits per heavy atom. The van der Waals surface area contributed by atoms with E-state index >= 15 is 0 Å². The summed E-state index contributed by atoms with van der Waals surface area (Å²) < 4.78 is 2.24. The molecule has 1 aliphatic rings. The molecular formula is C23H26N4O. The van der Waals surface area contributed by atoms with Crippen LogP contribution in [0.2, 0.25) is 0 Å². The van der Waals surface area contributed by atoms with Crippen molar-refractivity contribution in [2.75, 3.05) is 6.54 Å². The van der Waals surface area contributed by atoms with E-state index in [1.807, 2.05) is 30.3 Å². The number of nitrogens with zero attached hydrogens (tertiary/aromatic N) is 3. The van der Waals surface area contributed by atoms with E-state index in [2.05, 4.69) is 44.3 Å². The number of nitrogens with one attached hydrogen (secondary N) is 1. The Hall–Kier alpha value is -2.95. The maximum absolute atomic E-state index is 12.3. The molecule has 2 aromatic carbocycles. The first-order chi connectivity index (χ1) is 13.8. The molecule has 0 atom stereocenters. The van der Waals surface area contributed by atoms with Crippen LogP contribution >= 0.6 is 0 Å². The highest BCUT2D eigenvalue weighted by Crippen LogP contribution is 2.19. The van der Waals surface area contributed by atoms with Gasteiger partial charge in [0.15, 0.2) is 0 Å². The van der Waals surface area contributed by atoms with Crippen molar-refractivity contribution >= 4 is 5.91 Å². The quantitative estimate of drug-likeness (QED) is 0.717. The first-order valence-corrected chi connectivity index (χ1v) is 10.1. The molecule has 0 saturated carbocycles. The zero-order chi connectivity index (χ0) is 19.2. The van der Waals surface area contributed by atoms with Crippen molar-refractivity contribution in [1.29, 1.82) is 0 Å². The lowest BCUT2D eigenvalue weighted by molar-refractivity contribution is -0.120. The lowest BCUT2D eigenvalue weighted by Crippen LogP contribution is -2.28. The minimum atomic E-state index is 0.0445. The van der Waals surface area contributed by atoms with Gasteiger partial charge in [0.1, 0.15) is 11.6 Å². The zero-order valence-corrected chi connectivity index (χ0v) is 16.1. The van der Waals surface area contributed by atoms with Gasteiger partial charge in [-0.3, -0.25) is 4.79 Å². The van der Waals surface area contributed by atoms with Crippen LogP contribution in [0.4, 0.5) is 0 Å². The summed E-state index contributed by atoms with van der Waals surface area (Å²) in [6.45, 7) is 1.60. The van der Waals surface area contributed by atoms with Crippen molar-refractivity contribution in [2.24, 2.45) is 0 Å². The Kier molecular flexibility index (Phi) is 5.80. The topological polar surface area (TPSA) is 59.8 Å². The molecule has 1 aromatic heterocycles. The van der Waals surface area contributed by atoms with Crippen LogP contribution in [-0.2, 0) is 30.6 Å². The number of carbonyl (C=O) groups excluding carboxylic acids is 1. The Morgan fingerprint density at radius 1 is 0.929 bits per heavy atom. The van der Waals surface area contributed by atoms with Crippen molar-refractivity contribution in [1.82, 2.24) is 20.1 Å². The summed E-state index contributed by atoms with van der Waals surface area (Å²) in [5, 5.41) is 11.7. The number of aromatic nitrogens is 3. The minimum absolute atomic E-state index is 0.0445. The first-order valence-electron chi connectivity index (χ1n) is 10.1. The van der Waals surface area contributed by atoms with Crippen LogP contribution in [0.5, 0.6) is 0 Å². The van der Waals surface area contributed by atoms with Gasteiger partial charge in [0, 0.05) is 25.9 Å². The molecule has 0 fully saturated rings. The van der Waals surface area contributed by atoms with Gasteiger partial charge in [-0.2, -0.15) is 0 Å². The highest BCUT2D eigenvalue weighted by Gasteiger charge is 2.14. The Labute approximate surface area is 165 Å². The highest BCUT2D eigenvalue weighted by molar-refractivity contribution is 5.78. The fourth-order valence-electron chi connectivity index (χ4n) is 3.74. The standard InChI is InChI=1S/C23H26N4O/c28-23(17-18-10-12-20(13-11-18)19-7-3-1-4-8-19)24-15-14-22-26-25-21-9-5-2-6-16-27(21)22/h1,3-4,7-8,10-13H,2,5-6,9,14-17H2,(H,24,28). The van der Waals surface area contributed by atoms with Gasteiger partial charge in [0.2, 0.25) is 5.91 Å². The van der Waals surface area contributed by atoms with Gasteiger partial charge >= 0.3 is 0 Å². The largest absolute Gasteiger partial charge is 0.355 e. The Bertz CT molecular complexity index is 916. The van der Waals surface area contributed by atoms with E-state index in [0.29, 0.717) is 13.0 Å². The third-order valence-corrected chi connectivity index (χ3v) is 5.28. The molecule has 28 heavy (non-hydrogen) atoms. The third-order valence-electron chi connectivity index (χ3n) is 5.28. The number of hydrogen-bond acceptors (Lipinski definition) is 3. The number of hydrogen-bond donors (Lipinski definition) is 1. The lowest BCUT2D eigenvalue weighted by Gasteiger charge is -2.08. The summed E-state index contributed by atoms with van der Waals surface area (Å²) in [4.78, 5) is 12.3. The molecule has 0 aliphatic carbocycles. The Balaban J connectivity index is 1.28. The molecule has 2 heterocycles. The van der Waals surface area contributed by atoms with E-state index in [1.165, 1.54) is 24.8 Å². The average Bonchev–Trinajstić information content (AvgIpc) is 2.95. The van der Waals surface area contributed by atoms with Gasteiger partial charge < -0.3 is 9.88 Å². The molecule has 4 rings (SSSR count). The van der Waals surface area contributed by atoms with Crippen molar-refractivity contribution in [3.8, 4) is 11.1 Å². The SMILES string of the molecule is O=C(Cc1ccc(-c2ccccc2)cc1)NCCc1nnc2n1CCCCC2. The number of carbonyl (C=O) groups is 1. The van der Waals surface area contributed by atoms with E-state index in [0.717, 1.165) is 42.2 Å². The number of aryl methyl sites for hydroxylation is 1. The summed E-state index contributed by atoms with van der Waals surface area (Å²) >= 11 is 0. The molecule has 1 N–H and O–H groups in total. The highest BCUT2D eigenvalue weighted by atomic mass is 16.1. The van der Waals surface area contributed by atoms with Crippen LogP contribution in [0, 0.1) is 0 Å². The van der Waals surface area contributed by atoms with Crippen LogP contribution in [0.1, 0.15) is 36.5 Å². The summed E-state index contributed by atoms with van der Waals surface area (Å²) in [6, 6.07) is 18.5. The average molecular weight is 374 g/mol. The summed E-state index contributed by atoms with van der Waals surface area (Å²) in [6.07, 6.45) is 5.76. The van der Waals surface area contributed by atoms with E-state index in [-0.39, 0.29) is 5.91 Å². The van der Waals surface area contributed by atoms with Gasteiger partial charge in [0.05, 0.1) is 6.42 Å². The monoisotopic (exact) mass is 374 g/mol. The molecule has 0 saturated heterocycles. The smallest absolute Gasteiger partial charge is 0.224 e. The van der Waals surface area contributed by atoms with Gasteiger partial charge in [0.25, 0.3) is 0 Å². The van der Waals surface area contributed by atoms with E-state index < -0.39 is 0 Å². The van der Waals surface area contributed by atoms with Gasteiger partial charge in [-0.1, -0.05) is 61.0 Å². The molecule has 0 radical (unpaired) electrons. The molecule has 0 unspecified atom stereocenters. The van der Waals surface area contributed by atoms with Crippen LogP contribution < -0.4 is 5.32 Å². The number of amides is 1. The van der Waals surface area contributed by atoms with Gasteiger partial charge in [-0.25, -0.2) is 0 Å². The maximum Gasteiger partial charge on any atom is 0.224 e. The summed E-state index contributed by atoms with van der Waals surface area (Å²) in [7, 11) is 0. The Morgan fingerprint density at radius 2 is 1.71 bits per heavy atom. The van der Waals surface area contributed by atoms with E-state index in [4.69, 9.17) is 0 Å². The maximum atomic E-state index is 12.3. The summed E-state index contributed by atoms with van der Waals surface area (Å²) in [5.41, 5.74) is 3.37. The number of benzene rings is 2. The fourth-order valence-corrected chi connectivity index (χ4v) is 3.74. The number of rotatable bonds is 6. The second-order valence-electron chi connectivity index (χ2n) is 7.33. The fraction of sp³-hybridized carbons (Fsp3) is 0.348. The van der Waals surface area contributed by atoms with Gasteiger partial charge in [-0.15, -0.1) is 10.2 Å². The molecule has 0 spiro atoms. The zero-order valence-electron chi connectivity index (χ0n) is 16.1. The minimum Gasteiger partial charge on any atom is -0.355 e. The van der Waals surface area contributed by atoms with Crippen LogP contribution in [-0.4, -0.2) is 27.2 Å². The van der Waals surface area contributed by atoms with Crippen LogP contribution in [0.25, 0.3) is 11.1 Å². The van der Waals surface area contributed by atoms with E-state index in [1.54, 1.807) is 0 Å². The molecule has 1 aliphatic heterocycles. The molecule has 0 bridgehead atoms. The second-order valence-corrected chi connectivity index (χ2v) is 7.33. The predicted molar refractivity (Wildman–Crippen MR) is 110 cm³/mol. The molecule has 144 valence electrons. The second kappa shape index (κ2) is 8.83. The van der Waals surface area contributed by atoms with Gasteiger partial charge in [-0.05, 0) is 29.5 Å². The van der Waals surface area contributed by atoms with Crippen LogP contribution in [0.15, 0.2) is 54.6 Å². The van der Waals surface area contributed by atoms with Crippen LogP contribution in [0.3, 0.4) is 0 Å². The third kappa shape index (κ3) is 4.47. The molecule has 1 amide bonds. The first kappa shape index (κ1) is 18.4.